The maximum atomic E-state index is 13.6. The highest BCUT2D eigenvalue weighted by molar-refractivity contribution is 5.90. The van der Waals surface area contributed by atoms with Crippen LogP contribution in [0.5, 0.6) is 0 Å². The molecule has 1 heterocycles. The fourth-order valence-corrected chi connectivity index (χ4v) is 2.98. The van der Waals surface area contributed by atoms with E-state index in [2.05, 4.69) is 5.32 Å². The van der Waals surface area contributed by atoms with E-state index in [0.717, 1.165) is 5.56 Å². The zero-order valence-electron chi connectivity index (χ0n) is 15.1. The van der Waals surface area contributed by atoms with Gasteiger partial charge in [0.05, 0.1) is 19.6 Å². The van der Waals surface area contributed by atoms with E-state index in [1.807, 2.05) is 17.0 Å². The standard InChI is InChI=1S/C21H23FN2O3/c22-19-4-2-1-3-17(19)7-10-20(25)23-18-8-5-16(6-9-18)15-21(26)24-11-13-27-14-12-24/h1-6,8-9H,7,10-15H2,(H,23,25). The van der Waals surface area contributed by atoms with Crippen molar-refractivity contribution in [1.82, 2.24) is 4.90 Å². The molecule has 2 aromatic rings. The van der Waals surface area contributed by atoms with Gasteiger partial charge in [0.1, 0.15) is 5.82 Å². The predicted octanol–water partition coefficient (Wildman–Crippen LogP) is 2.80. The Morgan fingerprint density at radius 1 is 1.04 bits per heavy atom. The van der Waals surface area contributed by atoms with Gasteiger partial charge in [0, 0.05) is 25.2 Å². The highest BCUT2D eigenvalue weighted by atomic mass is 19.1. The number of benzene rings is 2. The number of nitrogens with one attached hydrogen (secondary N) is 1. The zero-order valence-corrected chi connectivity index (χ0v) is 15.1. The second-order valence-corrected chi connectivity index (χ2v) is 6.51. The molecule has 3 rings (SSSR count). The molecule has 0 saturated carbocycles. The van der Waals surface area contributed by atoms with Gasteiger partial charge in [-0.05, 0) is 35.7 Å². The van der Waals surface area contributed by atoms with Crippen LogP contribution >= 0.6 is 0 Å². The zero-order chi connectivity index (χ0) is 19.1. The van der Waals surface area contributed by atoms with Gasteiger partial charge in [0.2, 0.25) is 11.8 Å². The van der Waals surface area contributed by atoms with Crippen LogP contribution in [-0.2, 0) is 27.2 Å². The van der Waals surface area contributed by atoms with Gasteiger partial charge in [-0.25, -0.2) is 4.39 Å². The van der Waals surface area contributed by atoms with Crippen molar-refractivity contribution in [2.45, 2.75) is 19.3 Å². The molecule has 1 saturated heterocycles. The number of carbonyl (C=O) groups is 2. The monoisotopic (exact) mass is 370 g/mol. The number of halogens is 1. The summed E-state index contributed by atoms with van der Waals surface area (Å²) in [4.78, 5) is 26.1. The van der Waals surface area contributed by atoms with Crippen LogP contribution in [-0.4, -0.2) is 43.0 Å². The molecule has 142 valence electrons. The molecule has 0 radical (unpaired) electrons. The van der Waals surface area contributed by atoms with E-state index in [1.54, 1.807) is 30.3 Å². The Balaban J connectivity index is 1.47. The summed E-state index contributed by atoms with van der Waals surface area (Å²) in [7, 11) is 0. The Labute approximate surface area is 158 Å². The average molecular weight is 370 g/mol. The average Bonchev–Trinajstić information content (AvgIpc) is 2.69. The van der Waals surface area contributed by atoms with Crippen LogP contribution in [0.1, 0.15) is 17.5 Å². The molecular weight excluding hydrogens is 347 g/mol. The number of morpholine rings is 1. The second kappa shape index (κ2) is 9.28. The molecular formula is C21H23FN2O3. The minimum Gasteiger partial charge on any atom is -0.378 e. The minimum atomic E-state index is -0.292. The normalized spacial score (nSPS) is 14.0. The fraction of sp³-hybridized carbons (Fsp3) is 0.333. The molecule has 0 unspecified atom stereocenters. The Bertz CT molecular complexity index is 786. The van der Waals surface area contributed by atoms with E-state index in [4.69, 9.17) is 4.74 Å². The number of nitrogens with zero attached hydrogens (tertiary/aromatic N) is 1. The summed E-state index contributed by atoms with van der Waals surface area (Å²) in [6.07, 6.45) is 0.893. The Morgan fingerprint density at radius 3 is 2.44 bits per heavy atom. The molecule has 0 bridgehead atoms. The predicted molar refractivity (Wildman–Crippen MR) is 101 cm³/mol. The number of carbonyl (C=O) groups excluding carboxylic acids is 2. The maximum absolute atomic E-state index is 13.6. The topological polar surface area (TPSA) is 58.6 Å². The minimum absolute atomic E-state index is 0.0833. The largest absolute Gasteiger partial charge is 0.378 e. The summed E-state index contributed by atoms with van der Waals surface area (Å²) in [6, 6.07) is 13.7. The Kier molecular flexibility index (Phi) is 6.54. The first-order chi connectivity index (χ1) is 13.1. The highest BCUT2D eigenvalue weighted by Crippen LogP contribution is 2.13. The number of aryl methyl sites for hydroxylation is 1. The number of rotatable bonds is 6. The third-order valence-corrected chi connectivity index (χ3v) is 4.54. The van der Waals surface area contributed by atoms with Crippen molar-refractivity contribution in [3.05, 3.63) is 65.5 Å². The van der Waals surface area contributed by atoms with Gasteiger partial charge in [0.25, 0.3) is 0 Å². The van der Waals surface area contributed by atoms with Crippen LogP contribution < -0.4 is 5.32 Å². The molecule has 0 spiro atoms. The first-order valence-electron chi connectivity index (χ1n) is 9.09. The first-order valence-corrected chi connectivity index (χ1v) is 9.09. The van der Waals surface area contributed by atoms with Crippen molar-refractivity contribution in [2.24, 2.45) is 0 Å². The molecule has 2 amide bonds. The van der Waals surface area contributed by atoms with E-state index in [9.17, 15) is 14.0 Å². The van der Waals surface area contributed by atoms with Gasteiger partial charge in [-0.2, -0.15) is 0 Å². The van der Waals surface area contributed by atoms with E-state index in [-0.39, 0.29) is 24.1 Å². The first kappa shape index (κ1) is 19.0. The van der Waals surface area contributed by atoms with E-state index >= 15 is 0 Å². The van der Waals surface area contributed by atoms with E-state index in [0.29, 0.717) is 50.4 Å². The lowest BCUT2D eigenvalue weighted by molar-refractivity contribution is -0.134. The highest BCUT2D eigenvalue weighted by Gasteiger charge is 2.17. The van der Waals surface area contributed by atoms with Gasteiger partial charge < -0.3 is 15.0 Å². The summed E-state index contributed by atoms with van der Waals surface area (Å²) in [6.45, 7) is 2.44. The second-order valence-electron chi connectivity index (χ2n) is 6.51. The number of hydrogen-bond donors (Lipinski definition) is 1. The van der Waals surface area contributed by atoms with Gasteiger partial charge in [0.15, 0.2) is 0 Å². The van der Waals surface area contributed by atoms with Crippen molar-refractivity contribution in [3.8, 4) is 0 Å². The van der Waals surface area contributed by atoms with Gasteiger partial charge in [-0.15, -0.1) is 0 Å². The lowest BCUT2D eigenvalue weighted by Gasteiger charge is -2.26. The Morgan fingerprint density at radius 2 is 1.74 bits per heavy atom. The van der Waals surface area contributed by atoms with Crippen molar-refractivity contribution in [3.63, 3.8) is 0 Å². The molecule has 0 aromatic heterocycles. The number of hydrogen-bond acceptors (Lipinski definition) is 3. The van der Waals surface area contributed by atoms with Crippen LogP contribution in [0.25, 0.3) is 0 Å². The maximum Gasteiger partial charge on any atom is 0.227 e. The Hall–Kier alpha value is -2.73. The van der Waals surface area contributed by atoms with Crippen molar-refractivity contribution in [2.75, 3.05) is 31.6 Å². The van der Waals surface area contributed by atoms with Gasteiger partial charge >= 0.3 is 0 Å². The molecule has 1 N–H and O–H groups in total. The van der Waals surface area contributed by atoms with E-state index < -0.39 is 0 Å². The molecule has 5 nitrogen and oxygen atoms in total. The smallest absolute Gasteiger partial charge is 0.227 e. The number of ether oxygens (including phenoxy) is 1. The molecule has 0 atom stereocenters. The van der Waals surface area contributed by atoms with Crippen molar-refractivity contribution in [1.29, 1.82) is 0 Å². The lowest BCUT2D eigenvalue weighted by Crippen LogP contribution is -2.41. The third kappa shape index (κ3) is 5.62. The lowest BCUT2D eigenvalue weighted by atomic mass is 10.1. The number of amides is 2. The quantitative estimate of drug-likeness (QED) is 0.851. The molecule has 1 aliphatic rings. The third-order valence-electron chi connectivity index (χ3n) is 4.54. The van der Waals surface area contributed by atoms with Crippen molar-refractivity contribution < 1.29 is 18.7 Å². The SMILES string of the molecule is O=C(CCc1ccccc1F)Nc1ccc(CC(=O)N2CCOCC2)cc1. The van der Waals surface area contributed by atoms with Crippen LogP contribution in [0.3, 0.4) is 0 Å². The molecule has 6 heteroatoms. The molecule has 27 heavy (non-hydrogen) atoms. The summed E-state index contributed by atoms with van der Waals surface area (Å²) in [5.74, 6) is -0.380. The van der Waals surface area contributed by atoms with Crippen LogP contribution in [0.2, 0.25) is 0 Å². The molecule has 0 aliphatic carbocycles. The molecule has 1 fully saturated rings. The van der Waals surface area contributed by atoms with Gasteiger partial charge in [-0.1, -0.05) is 30.3 Å². The van der Waals surface area contributed by atoms with E-state index in [1.165, 1.54) is 6.07 Å². The molecule has 2 aromatic carbocycles. The van der Waals surface area contributed by atoms with Crippen LogP contribution in [0.15, 0.2) is 48.5 Å². The van der Waals surface area contributed by atoms with Crippen molar-refractivity contribution >= 4 is 17.5 Å². The molecule has 1 aliphatic heterocycles. The van der Waals surface area contributed by atoms with Gasteiger partial charge in [-0.3, -0.25) is 9.59 Å². The van der Waals surface area contributed by atoms with Crippen LogP contribution in [0, 0.1) is 5.82 Å². The fourth-order valence-electron chi connectivity index (χ4n) is 2.98. The number of anilines is 1. The summed E-state index contributed by atoms with van der Waals surface area (Å²) in [5, 5.41) is 2.80. The van der Waals surface area contributed by atoms with Crippen LogP contribution in [0.4, 0.5) is 10.1 Å². The summed E-state index contributed by atoms with van der Waals surface area (Å²) < 4.78 is 18.8. The summed E-state index contributed by atoms with van der Waals surface area (Å²) >= 11 is 0. The summed E-state index contributed by atoms with van der Waals surface area (Å²) in [5.41, 5.74) is 2.09.